The van der Waals surface area contributed by atoms with Crippen LogP contribution in [0.1, 0.15) is 65.7 Å². The second kappa shape index (κ2) is 8.34. The van der Waals surface area contributed by atoms with Gasteiger partial charge in [0.1, 0.15) is 5.60 Å². The monoisotopic (exact) mass is 326 g/mol. The quantitative estimate of drug-likeness (QED) is 0.726. The van der Waals surface area contributed by atoms with E-state index in [0.29, 0.717) is 24.4 Å². The van der Waals surface area contributed by atoms with Gasteiger partial charge in [0, 0.05) is 19.1 Å². The molecule has 2 aliphatic carbocycles. The van der Waals surface area contributed by atoms with Crippen molar-refractivity contribution in [3.8, 4) is 0 Å². The molecule has 0 radical (unpaired) electrons. The number of ether oxygens (including phenoxy) is 1. The summed E-state index contributed by atoms with van der Waals surface area (Å²) in [7, 11) is 0. The molecule has 0 aliphatic heterocycles. The predicted molar refractivity (Wildman–Crippen MR) is 91.3 cm³/mol. The van der Waals surface area contributed by atoms with Gasteiger partial charge in [-0.2, -0.15) is 0 Å². The van der Waals surface area contributed by atoms with Crippen molar-refractivity contribution in [1.29, 1.82) is 0 Å². The molecule has 23 heavy (non-hydrogen) atoms. The van der Waals surface area contributed by atoms with Crippen molar-refractivity contribution in [2.45, 2.75) is 83.5 Å². The molecule has 134 valence electrons. The third-order valence-corrected chi connectivity index (χ3v) is 5.08. The van der Waals surface area contributed by atoms with Crippen molar-refractivity contribution in [2.75, 3.05) is 13.1 Å². The summed E-state index contributed by atoms with van der Waals surface area (Å²) in [6.07, 6.45) is 7.49. The molecule has 2 aliphatic rings. The fraction of sp³-hybridized carbons (Fsp3) is 0.944. The van der Waals surface area contributed by atoms with E-state index in [-0.39, 0.29) is 12.2 Å². The van der Waals surface area contributed by atoms with Gasteiger partial charge in [0.25, 0.3) is 0 Å². The summed E-state index contributed by atoms with van der Waals surface area (Å²) in [5.41, 5.74) is -0.450. The van der Waals surface area contributed by atoms with Crippen molar-refractivity contribution in [2.24, 2.45) is 11.8 Å². The lowest BCUT2D eigenvalue weighted by Gasteiger charge is -2.30. The van der Waals surface area contributed by atoms with Crippen LogP contribution in [0.4, 0.5) is 4.79 Å². The number of carbonyl (C=O) groups is 1. The van der Waals surface area contributed by atoms with Gasteiger partial charge in [-0.25, -0.2) is 4.79 Å². The van der Waals surface area contributed by atoms with E-state index in [9.17, 15) is 9.90 Å². The van der Waals surface area contributed by atoms with Crippen molar-refractivity contribution in [1.82, 2.24) is 10.6 Å². The maximum absolute atomic E-state index is 11.8. The molecule has 0 heterocycles. The minimum atomic E-state index is -0.450. The number of nitrogens with one attached hydrogen (secondary N) is 2. The van der Waals surface area contributed by atoms with Gasteiger partial charge in [0.2, 0.25) is 0 Å². The highest BCUT2D eigenvalue weighted by Gasteiger charge is 2.30. The van der Waals surface area contributed by atoms with Crippen LogP contribution in [-0.2, 0) is 4.74 Å². The molecular formula is C18H34N2O3. The lowest BCUT2D eigenvalue weighted by molar-refractivity contribution is 0.0515. The zero-order valence-corrected chi connectivity index (χ0v) is 14.9. The average molecular weight is 326 g/mol. The lowest BCUT2D eigenvalue weighted by Crippen LogP contribution is -2.44. The highest BCUT2D eigenvalue weighted by Crippen LogP contribution is 2.27. The van der Waals surface area contributed by atoms with E-state index >= 15 is 0 Å². The summed E-state index contributed by atoms with van der Waals surface area (Å²) < 4.78 is 5.30. The minimum Gasteiger partial charge on any atom is -0.444 e. The number of rotatable bonds is 5. The minimum absolute atomic E-state index is 0.143. The molecule has 5 heteroatoms. The second-order valence-corrected chi connectivity index (χ2v) is 8.20. The van der Waals surface area contributed by atoms with Crippen molar-refractivity contribution < 1.29 is 14.6 Å². The maximum atomic E-state index is 11.8. The normalized spacial score (nSPS) is 31.8. The molecule has 1 amide bonds. The first kappa shape index (κ1) is 18.5. The number of aliphatic hydroxyl groups excluding tert-OH is 1. The first-order valence-electron chi connectivity index (χ1n) is 9.23. The Bertz CT molecular complexity index is 381. The highest BCUT2D eigenvalue weighted by atomic mass is 16.6. The predicted octanol–water partition coefficient (Wildman–Crippen LogP) is 2.82. The molecule has 4 unspecified atom stereocenters. The van der Waals surface area contributed by atoms with Gasteiger partial charge in [-0.15, -0.1) is 0 Å². The van der Waals surface area contributed by atoms with Crippen LogP contribution < -0.4 is 10.6 Å². The van der Waals surface area contributed by atoms with Crippen LogP contribution in [0.5, 0.6) is 0 Å². The fourth-order valence-electron chi connectivity index (χ4n) is 3.81. The van der Waals surface area contributed by atoms with Gasteiger partial charge in [0.15, 0.2) is 0 Å². The lowest BCUT2D eigenvalue weighted by atomic mass is 9.86. The van der Waals surface area contributed by atoms with Gasteiger partial charge in [-0.3, -0.25) is 0 Å². The Kier molecular flexibility index (Phi) is 6.72. The SMILES string of the molecule is CC(C)(C)OC(=O)NCC1CCCC1NCC1CCCCC1O. The van der Waals surface area contributed by atoms with Gasteiger partial charge in [-0.1, -0.05) is 19.3 Å². The Labute approximate surface area is 140 Å². The van der Waals surface area contributed by atoms with Gasteiger partial charge >= 0.3 is 6.09 Å². The Morgan fingerprint density at radius 3 is 2.43 bits per heavy atom. The molecule has 0 saturated heterocycles. The maximum Gasteiger partial charge on any atom is 0.407 e. The molecule has 3 N–H and O–H groups in total. The summed E-state index contributed by atoms with van der Waals surface area (Å²) in [5.74, 6) is 0.854. The Morgan fingerprint density at radius 1 is 1.04 bits per heavy atom. The van der Waals surface area contributed by atoms with Crippen LogP contribution in [-0.4, -0.2) is 42.0 Å². The van der Waals surface area contributed by atoms with Crippen molar-refractivity contribution in [3.05, 3.63) is 0 Å². The van der Waals surface area contributed by atoms with E-state index in [1.165, 1.54) is 12.8 Å². The molecule has 2 fully saturated rings. The third kappa shape index (κ3) is 6.30. The smallest absolute Gasteiger partial charge is 0.407 e. The molecule has 0 aromatic carbocycles. The number of alkyl carbamates (subject to hydrolysis) is 1. The Morgan fingerprint density at radius 2 is 1.74 bits per heavy atom. The molecule has 5 nitrogen and oxygen atoms in total. The molecule has 0 spiro atoms. The molecule has 2 saturated carbocycles. The summed E-state index contributed by atoms with van der Waals surface area (Å²) >= 11 is 0. The summed E-state index contributed by atoms with van der Waals surface area (Å²) in [6, 6.07) is 0.444. The van der Waals surface area contributed by atoms with Crippen LogP contribution >= 0.6 is 0 Å². The van der Waals surface area contributed by atoms with E-state index in [4.69, 9.17) is 4.74 Å². The van der Waals surface area contributed by atoms with Gasteiger partial charge in [0.05, 0.1) is 6.10 Å². The molecular weight excluding hydrogens is 292 g/mol. The number of hydrogen-bond acceptors (Lipinski definition) is 4. The second-order valence-electron chi connectivity index (χ2n) is 8.20. The number of amides is 1. The summed E-state index contributed by atoms with van der Waals surface area (Å²) in [4.78, 5) is 11.8. The number of hydrogen-bond donors (Lipinski definition) is 3. The topological polar surface area (TPSA) is 70.6 Å². The molecule has 0 aromatic rings. The zero-order chi connectivity index (χ0) is 16.9. The molecule has 0 aromatic heterocycles. The number of aliphatic hydroxyl groups is 1. The average Bonchev–Trinajstić information content (AvgIpc) is 2.90. The van der Waals surface area contributed by atoms with Crippen LogP contribution in [0.2, 0.25) is 0 Å². The molecule has 2 rings (SSSR count). The molecule has 4 atom stereocenters. The largest absolute Gasteiger partial charge is 0.444 e. The van der Waals surface area contributed by atoms with E-state index in [1.807, 2.05) is 20.8 Å². The Balaban J connectivity index is 1.71. The Hall–Kier alpha value is -0.810. The van der Waals surface area contributed by atoms with Crippen LogP contribution in [0.15, 0.2) is 0 Å². The van der Waals surface area contributed by atoms with Gasteiger partial charge < -0.3 is 20.5 Å². The first-order valence-corrected chi connectivity index (χ1v) is 9.23. The van der Waals surface area contributed by atoms with Crippen LogP contribution in [0, 0.1) is 11.8 Å². The summed E-state index contributed by atoms with van der Waals surface area (Å²) in [6.45, 7) is 7.19. The number of carbonyl (C=O) groups excluding carboxylic acids is 1. The molecule has 0 bridgehead atoms. The van der Waals surface area contributed by atoms with Crippen molar-refractivity contribution in [3.63, 3.8) is 0 Å². The highest BCUT2D eigenvalue weighted by molar-refractivity contribution is 5.67. The van der Waals surface area contributed by atoms with E-state index in [1.54, 1.807) is 0 Å². The van der Waals surface area contributed by atoms with Gasteiger partial charge in [-0.05, 0) is 58.3 Å². The van der Waals surface area contributed by atoms with Crippen LogP contribution in [0.3, 0.4) is 0 Å². The first-order chi connectivity index (χ1) is 10.8. The zero-order valence-electron chi connectivity index (χ0n) is 14.9. The van der Waals surface area contributed by atoms with Crippen LogP contribution in [0.25, 0.3) is 0 Å². The van der Waals surface area contributed by atoms with E-state index in [0.717, 1.165) is 38.6 Å². The standard InChI is InChI=1S/C18H34N2O3/c1-18(2,3)23-17(22)20-11-13-8-6-9-15(13)19-12-14-7-4-5-10-16(14)21/h13-16,19,21H,4-12H2,1-3H3,(H,20,22). The summed E-state index contributed by atoms with van der Waals surface area (Å²) in [5, 5.41) is 16.6. The van der Waals surface area contributed by atoms with E-state index < -0.39 is 5.60 Å². The third-order valence-electron chi connectivity index (χ3n) is 5.08. The fourth-order valence-corrected chi connectivity index (χ4v) is 3.81. The van der Waals surface area contributed by atoms with E-state index in [2.05, 4.69) is 10.6 Å². The van der Waals surface area contributed by atoms with Crippen molar-refractivity contribution >= 4 is 6.09 Å².